The van der Waals surface area contributed by atoms with Gasteiger partial charge in [-0.05, 0) is 6.92 Å². The van der Waals surface area contributed by atoms with E-state index in [1.54, 1.807) is 0 Å². The van der Waals surface area contributed by atoms with E-state index >= 15 is 0 Å². The highest BCUT2D eigenvalue weighted by molar-refractivity contribution is 5.95. The first-order valence-corrected chi connectivity index (χ1v) is 5.49. The number of hydrogen-bond acceptors (Lipinski definition) is 5. The number of ether oxygens (including phenoxy) is 3. The van der Waals surface area contributed by atoms with Crippen LogP contribution in [0.4, 0.5) is 22.0 Å². The standard InChI is InChI=1S/C11H10F5NO4/c1-3-20-10(18)6-5(8(12)13)4-17-9(7(6)19-2)21-11(14,15)16/h4,8H,3H2,1-2H3. The molecule has 1 rings (SSSR count). The van der Waals surface area contributed by atoms with Crippen molar-refractivity contribution < 1.29 is 41.0 Å². The molecule has 10 heteroatoms. The summed E-state index contributed by atoms with van der Waals surface area (Å²) in [6.45, 7) is 1.24. The highest BCUT2D eigenvalue weighted by atomic mass is 19.4. The van der Waals surface area contributed by atoms with Crippen LogP contribution in [0.25, 0.3) is 0 Å². The fraction of sp³-hybridized carbons (Fsp3) is 0.455. The number of rotatable bonds is 5. The van der Waals surface area contributed by atoms with E-state index in [9.17, 15) is 26.7 Å². The Bertz CT molecular complexity index is 518. The van der Waals surface area contributed by atoms with E-state index in [2.05, 4.69) is 19.2 Å². The monoisotopic (exact) mass is 315 g/mol. The van der Waals surface area contributed by atoms with Crippen molar-refractivity contribution in [2.24, 2.45) is 0 Å². The van der Waals surface area contributed by atoms with Gasteiger partial charge in [0.15, 0.2) is 5.75 Å². The highest BCUT2D eigenvalue weighted by Gasteiger charge is 2.36. The molecule has 1 aromatic rings. The molecule has 0 aliphatic rings. The van der Waals surface area contributed by atoms with E-state index in [4.69, 9.17) is 0 Å². The molecule has 5 nitrogen and oxygen atoms in total. The van der Waals surface area contributed by atoms with Crippen molar-refractivity contribution in [3.63, 3.8) is 0 Å². The second-order valence-electron chi connectivity index (χ2n) is 3.50. The molecule has 0 aliphatic heterocycles. The number of halogens is 5. The van der Waals surface area contributed by atoms with E-state index in [-0.39, 0.29) is 6.61 Å². The zero-order valence-corrected chi connectivity index (χ0v) is 10.8. The summed E-state index contributed by atoms with van der Waals surface area (Å²) >= 11 is 0. The second-order valence-corrected chi connectivity index (χ2v) is 3.50. The Morgan fingerprint density at radius 3 is 2.43 bits per heavy atom. The van der Waals surface area contributed by atoms with Crippen molar-refractivity contribution in [1.82, 2.24) is 4.98 Å². The topological polar surface area (TPSA) is 57.7 Å². The number of methoxy groups -OCH3 is 1. The summed E-state index contributed by atoms with van der Waals surface area (Å²) in [5.41, 5.74) is -1.77. The lowest BCUT2D eigenvalue weighted by Gasteiger charge is -2.16. The number of alkyl halides is 5. The molecule has 0 amide bonds. The Morgan fingerprint density at radius 1 is 1.38 bits per heavy atom. The first-order valence-electron chi connectivity index (χ1n) is 5.49. The van der Waals surface area contributed by atoms with Crippen molar-refractivity contribution in [3.8, 4) is 11.6 Å². The van der Waals surface area contributed by atoms with Crippen LogP contribution in [-0.2, 0) is 4.74 Å². The third kappa shape index (κ3) is 4.17. The van der Waals surface area contributed by atoms with Gasteiger partial charge in [0.1, 0.15) is 5.56 Å². The van der Waals surface area contributed by atoms with Gasteiger partial charge in [-0.25, -0.2) is 18.6 Å². The summed E-state index contributed by atoms with van der Waals surface area (Å²) in [6, 6.07) is 0. The molecule has 0 saturated carbocycles. The van der Waals surface area contributed by atoms with Gasteiger partial charge >= 0.3 is 12.3 Å². The molecular formula is C11H10F5NO4. The molecule has 1 aromatic heterocycles. The third-order valence-electron chi connectivity index (χ3n) is 2.16. The Balaban J connectivity index is 3.45. The fourth-order valence-corrected chi connectivity index (χ4v) is 1.44. The Labute approximate surface area is 115 Å². The molecular weight excluding hydrogens is 305 g/mol. The normalized spacial score (nSPS) is 11.4. The van der Waals surface area contributed by atoms with Crippen LogP contribution in [0.15, 0.2) is 6.20 Å². The van der Waals surface area contributed by atoms with Gasteiger partial charge in [0.05, 0.1) is 19.3 Å². The van der Waals surface area contributed by atoms with Crippen LogP contribution >= 0.6 is 0 Å². The summed E-state index contributed by atoms with van der Waals surface area (Å²) in [5.74, 6) is -3.29. The summed E-state index contributed by atoms with van der Waals surface area (Å²) in [5, 5.41) is 0. The summed E-state index contributed by atoms with van der Waals surface area (Å²) in [6.07, 6.45) is -7.88. The van der Waals surface area contributed by atoms with Gasteiger partial charge in [-0.2, -0.15) is 0 Å². The molecule has 0 unspecified atom stereocenters. The number of carbonyl (C=O) groups is 1. The number of aromatic nitrogens is 1. The van der Waals surface area contributed by atoms with Crippen LogP contribution in [0.1, 0.15) is 29.3 Å². The predicted octanol–water partition coefficient (Wildman–Crippen LogP) is 3.10. The van der Waals surface area contributed by atoms with Crippen molar-refractivity contribution in [2.75, 3.05) is 13.7 Å². The van der Waals surface area contributed by atoms with Crippen molar-refractivity contribution in [3.05, 3.63) is 17.3 Å². The van der Waals surface area contributed by atoms with Gasteiger partial charge < -0.3 is 14.2 Å². The van der Waals surface area contributed by atoms with Crippen LogP contribution in [-0.4, -0.2) is 31.0 Å². The Morgan fingerprint density at radius 2 is 2.00 bits per heavy atom. The fourth-order valence-electron chi connectivity index (χ4n) is 1.44. The molecule has 0 atom stereocenters. The Hall–Kier alpha value is -2.13. The molecule has 0 aromatic carbocycles. The first-order chi connectivity index (χ1) is 9.71. The van der Waals surface area contributed by atoms with Gasteiger partial charge in [0.2, 0.25) is 0 Å². The smallest absolute Gasteiger partial charge is 0.491 e. The van der Waals surface area contributed by atoms with Gasteiger partial charge in [-0.1, -0.05) is 0 Å². The van der Waals surface area contributed by atoms with Crippen molar-refractivity contribution in [1.29, 1.82) is 0 Å². The first kappa shape index (κ1) is 16.9. The number of esters is 1. The lowest BCUT2D eigenvalue weighted by Crippen LogP contribution is -2.20. The molecule has 0 fully saturated rings. The minimum atomic E-state index is -5.13. The van der Waals surface area contributed by atoms with E-state index in [0.29, 0.717) is 6.20 Å². The summed E-state index contributed by atoms with van der Waals surface area (Å²) < 4.78 is 75.0. The minimum absolute atomic E-state index is 0.164. The van der Waals surface area contributed by atoms with E-state index in [1.165, 1.54) is 6.92 Å². The number of carbonyl (C=O) groups excluding carboxylic acids is 1. The van der Waals surface area contributed by atoms with Gasteiger partial charge in [0, 0.05) is 6.20 Å². The number of nitrogens with zero attached hydrogens (tertiary/aromatic N) is 1. The van der Waals surface area contributed by atoms with Gasteiger partial charge in [0.25, 0.3) is 12.3 Å². The minimum Gasteiger partial charge on any atom is -0.491 e. The number of hydrogen-bond donors (Lipinski definition) is 0. The molecule has 0 N–H and O–H groups in total. The van der Waals surface area contributed by atoms with Crippen LogP contribution in [0, 0.1) is 0 Å². The average molecular weight is 315 g/mol. The maximum Gasteiger partial charge on any atom is 0.574 e. The average Bonchev–Trinajstić information content (AvgIpc) is 2.36. The molecule has 0 saturated heterocycles. The zero-order valence-electron chi connectivity index (χ0n) is 10.8. The van der Waals surface area contributed by atoms with Crippen LogP contribution < -0.4 is 9.47 Å². The van der Waals surface area contributed by atoms with Gasteiger partial charge in [-0.15, -0.1) is 13.2 Å². The molecule has 0 bridgehead atoms. The van der Waals surface area contributed by atoms with E-state index in [1.807, 2.05) is 0 Å². The zero-order chi connectivity index (χ0) is 16.2. The van der Waals surface area contributed by atoms with Crippen molar-refractivity contribution in [2.45, 2.75) is 19.7 Å². The lowest BCUT2D eigenvalue weighted by atomic mass is 10.1. The lowest BCUT2D eigenvalue weighted by molar-refractivity contribution is -0.276. The molecule has 0 spiro atoms. The Kier molecular flexibility index (Phi) is 5.28. The quantitative estimate of drug-likeness (QED) is 0.617. The summed E-state index contributed by atoms with van der Waals surface area (Å²) in [7, 11) is 0.887. The molecule has 118 valence electrons. The molecule has 0 aliphatic carbocycles. The van der Waals surface area contributed by atoms with Gasteiger partial charge in [-0.3, -0.25) is 0 Å². The maximum absolute atomic E-state index is 12.8. The largest absolute Gasteiger partial charge is 0.574 e. The highest BCUT2D eigenvalue weighted by Crippen LogP contribution is 2.38. The maximum atomic E-state index is 12.8. The summed E-state index contributed by atoms with van der Waals surface area (Å²) in [4.78, 5) is 14.8. The second kappa shape index (κ2) is 6.55. The van der Waals surface area contributed by atoms with Crippen LogP contribution in [0.2, 0.25) is 0 Å². The van der Waals surface area contributed by atoms with Crippen LogP contribution in [0.5, 0.6) is 11.6 Å². The SMILES string of the molecule is CCOC(=O)c1c(C(F)F)cnc(OC(F)(F)F)c1OC. The van der Waals surface area contributed by atoms with E-state index < -0.39 is 41.5 Å². The predicted molar refractivity (Wildman–Crippen MR) is 58.4 cm³/mol. The molecule has 0 radical (unpaired) electrons. The third-order valence-corrected chi connectivity index (χ3v) is 2.16. The van der Waals surface area contributed by atoms with E-state index in [0.717, 1.165) is 7.11 Å². The molecule has 21 heavy (non-hydrogen) atoms. The van der Waals surface area contributed by atoms with Crippen LogP contribution in [0.3, 0.4) is 0 Å². The molecule has 1 heterocycles. The van der Waals surface area contributed by atoms with Crippen molar-refractivity contribution >= 4 is 5.97 Å². The number of pyridine rings is 1.